The van der Waals surface area contributed by atoms with Gasteiger partial charge < -0.3 is 14.2 Å². The second-order valence-corrected chi connectivity index (χ2v) is 8.48. The van der Waals surface area contributed by atoms with Crippen LogP contribution in [0.3, 0.4) is 0 Å². The van der Waals surface area contributed by atoms with Crippen LogP contribution in [-0.2, 0) is 0 Å². The van der Waals surface area contributed by atoms with Crippen LogP contribution >= 0.6 is 23.4 Å². The Bertz CT molecular complexity index is 1060. The fourth-order valence-electron chi connectivity index (χ4n) is 3.51. The van der Waals surface area contributed by atoms with Crippen LogP contribution in [0.25, 0.3) is 0 Å². The monoisotopic (exact) mass is 439 g/mol. The van der Waals surface area contributed by atoms with Crippen LogP contribution in [0.1, 0.15) is 22.8 Å². The number of aliphatic imine (C=N–C) groups is 1. The molecule has 6 heteroatoms. The molecule has 0 spiro atoms. The number of para-hydroxylation sites is 1. The van der Waals surface area contributed by atoms with Crippen LogP contribution in [0.2, 0.25) is 5.02 Å². The minimum Gasteiger partial charge on any atom is -0.493 e. The third-order valence-corrected chi connectivity index (χ3v) is 6.58. The van der Waals surface area contributed by atoms with Crippen molar-refractivity contribution in [2.45, 2.75) is 16.6 Å². The second kappa shape index (κ2) is 9.02. The molecule has 1 unspecified atom stereocenters. The van der Waals surface area contributed by atoms with E-state index in [-0.39, 0.29) is 5.25 Å². The highest BCUT2D eigenvalue weighted by molar-refractivity contribution is 7.99. The topological polar surface area (TPSA) is 40.0 Å². The van der Waals surface area contributed by atoms with Gasteiger partial charge in [-0.1, -0.05) is 35.9 Å². The van der Waals surface area contributed by atoms with E-state index in [4.69, 9.17) is 30.8 Å². The van der Waals surface area contributed by atoms with Crippen LogP contribution in [0, 0.1) is 0 Å². The normalized spacial score (nSPS) is 15.6. The molecule has 3 aromatic carbocycles. The Morgan fingerprint density at radius 1 is 0.900 bits per heavy atom. The third kappa shape index (κ3) is 4.13. The van der Waals surface area contributed by atoms with Gasteiger partial charge in [-0.25, -0.2) is 0 Å². The average molecular weight is 440 g/mol. The van der Waals surface area contributed by atoms with Crippen LogP contribution in [0.15, 0.2) is 70.6 Å². The number of hydrogen-bond donors (Lipinski definition) is 0. The molecule has 0 amide bonds. The minimum absolute atomic E-state index is 0.122. The van der Waals surface area contributed by atoms with Crippen LogP contribution in [0.5, 0.6) is 17.2 Å². The van der Waals surface area contributed by atoms with Gasteiger partial charge in [-0.15, -0.1) is 11.8 Å². The predicted molar refractivity (Wildman–Crippen MR) is 123 cm³/mol. The van der Waals surface area contributed by atoms with Gasteiger partial charge in [0.1, 0.15) is 0 Å². The molecule has 154 valence electrons. The zero-order valence-electron chi connectivity index (χ0n) is 17.0. The van der Waals surface area contributed by atoms with Gasteiger partial charge in [0.25, 0.3) is 0 Å². The van der Waals surface area contributed by atoms with E-state index in [1.807, 2.05) is 48.5 Å². The molecule has 1 atom stereocenters. The molecule has 1 aliphatic rings. The molecule has 0 bridgehead atoms. The highest BCUT2D eigenvalue weighted by Gasteiger charge is 2.25. The van der Waals surface area contributed by atoms with Crippen molar-refractivity contribution in [1.29, 1.82) is 0 Å². The van der Waals surface area contributed by atoms with Gasteiger partial charge in [-0.3, -0.25) is 4.99 Å². The molecule has 3 aromatic rings. The summed E-state index contributed by atoms with van der Waals surface area (Å²) in [6.07, 6.45) is 0.750. The summed E-state index contributed by atoms with van der Waals surface area (Å²) in [5, 5.41) is 0.834. The van der Waals surface area contributed by atoms with Crippen molar-refractivity contribution < 1.29 is 14.2 Å². The van der Waals surface area contributed by atoms with Crippen molar-refractivity contribution in [3.8, 4) is 17.2 Å². The summed E-state index contributed by atoms with van der Waals surface area (Å²) in [6, 6.07) is 20.1. The lowest BCUT2D eigenvalue weighted by molar-refractivity contribution is 0.324. The summed E-state index contributed by atoms with van der Waals surface area (Å²) in [7, 11) is 4.89. The highest BCUT2D eigenvalue weighted by atomic mass is 35.5. The van der Waals surface area contributed by atoms with Crippen molar-refractivity contribution in [2.24, 2.45) is 4.99 Å². The summed E-state index contributed by atoms with van der Waals surface area (Å²) >= 11 is 7.89. The first-order valence-corrected chi connectivity index (χ1v) is 10.8. The van der Waals surface area contributed by atoms with E-state index in [1.54, 1.807) is 33.1 Å². The van der Waals surface area contributed by atoms with Crippen molar-refractivity contribution >= 4 is 34.8 Å². The fraction of sp³-hybridized carbons (Fsp3) is 0.208. The molecule has 1 aliphatic heterocycles. The molecule has 0 aliphatic carbocycles. The molecule has 0 radical (unpaired) electrons. The zero-order valence-corrected chi connectivity index (χ0v) is 18.6. The number of ether oxygens (including phenoxy) is 3. The first-order valence-electron chi connectivity index (χ1n) is 9.52. The largest absolute Gasteiger partial charge is 0.493 e. The SMILES string of the molecule is COc1cc(C2CC(c3ccc(Cl)cc3)=Nc3ccccc3S2)cc(OC)c1OC. The Hall–Kier alpha value is -2.63. The van der Waals surface area contributed by atoms with Crippen molar-refractivity contribution in [2.75, 3.05) is 21.3 Å². The second-order valence-electron chi connectivity index (χ2n) is 6.80. The van der Waals surface area contributed by atoms with E-state index >= 15 is 0 Å². The van der Waals surface area contributed by atoms with E-state index in [9.17, 15) is 0 Å². The van der Waals surface area contributed by atoms with Crippen molar-refractivity contribution in [1.82, 2.24) is 0 Å². The number of methoxy groups -OCH3 is 3. The molecule has 0 saturated carbocycles. The number of hydrogen-bond acceptors (Lipinski definition) is 5. The molecule has 0 aromatic heterocycles. The lowest BCUT2D eigenvalue weighted by Crippen LogP contribution is -2.06. The Morgan fingerprint density at radius 2 is 1.57 bits per heavy atom. The van der Waals surface area contributed by atoms with E-state index < -0.39 is 0 Å². The molecule has 1 heterocycles. The maximum absolute atomic E-state index is 6.10. The number of fused-ring (bicyclic) bond motifs is 1. The number of rotatable bonds is 5. The molecule has 0 saturated heterocycles. The summed E-state index contributed by atoms with van der Waals surface area (Å²) in [6.45, 7) is 0. The van der Waals surface area contributed by atoms with Crippen molar-refractivity contribution in [3.05, 3.63) is 76.8 Å². The molecule has 4 rings (SSSR count). The van der Waals surface area contributed by atoms with Crippen molar-refractivity contribution in [3.63, 3.8) is 0 Å². The first-order chi connectivity index (χ1) is 14.6. The summed E-state index contributed by atoms with van der Waals surface area (Å²) in [5.41, 5.74) is 4.15. The van der Waals surface area contributed by atoms with Gasteiger partial charge >= 0.3 is 0 Å². The molecule has 0 N–H and O–H groups in total. The lowest BCUT2D eigenvalue weighted by atomic mass is 10.0. The van der Waals surface area contributed by atoms with Gasteiger partial charge in [0.05, 0.1) is 27.0 Å². The van der Waals surface area contributed by atoms with Crippen LogP contribution < -0.4 is 14.2 Å². The minimum atomic E-state index is 0.122. The van der Waals surface area contributed by atoms with E-state index in [1.165, 1.54) is 0 Å². The smallest absolute Gasteiger partial charge is 0.203 e. The highest BCUT2D eigenvalue weighted by Crippen LogP contribution is 2.49. The summed E-state index contributed by atoms with van der Waals surface area (Å²) < 4.78 is 16.6. The van der Waals surface area contributed by atoms with Crippen LogP contribution in [-0.4, -0.2) is 27.0 Å². The van der Waals surface area contributed by atoms with E-state index in [0.717, 1.165) is 33.8 Å². The molecular weight excluding hydrogens is 418 g/mol. The molecule has 30 heavy (non-hydrogen) atoms. The number of benzene rings is 3. The Labute approximate surface area is 185 Å². The van der Waals surface area contributed by atoms with Gasteiger partial charge in [0.15, 0.2) is 11.5 Å². The molecular formula is C24H22ClNO3S. The summed E-state index contributed by atoms with van der Waals surface area (Å²) in [5.74, 6) is 1.89. The Kier molecular flexibility index (Phi) is 6.21. The first kappa shape index (κ1) is 20.6. The molecule has 4 nitrogen and oxygen atoms in total. The standard InChI is InChI=1S/C24H22ClNO3S/c1-27-20-12-16(13-21(28-2)24(20)29-3)23-14-19(15-8-10-17(25)11-9-15)26-18-6-4-5-7-22(18)30-23/h4-13,23H,14H2,1-3H3. The quantitative estimate of drug-likeness (QED) is 0.442. The predicted octanol–water partition coefficient (Wildman–Crippen LogP) is 6.72. The van der Waals surface area contributed by atoms with Gasteiger partial charge in [-0.05, 0) is 47.5 Å². The fourth-order valence-corrected chi connectivity index (χ4v) is 4.85. The Morgan fingerprint density at radius 3 is 2.20 bits per heavy atom. The van der Waals surface area contributed by atoms with E-state index in [0.29, 0.717) is 22.3 Å². The number of halogens is 1. The third-order valence-electron chi connectivity index (χ3n) is 5.00. The van der Waals surface area contributed by atoms with Gasteiger partial charge in [-0.2, -0.15) is 0 Å². The van der Waals surface area contributed by atoms with Gasteiger partial charge in [0.2, 0.25) is 5.75 Å². The maximum atomic E-state index is 6.10. The summed E-state index contributed by atoms with van der Waals surface area (Å²) in [4.78, 5) is 6.14. The molecule has 0 fully saturated rings. The number of nitrogens with zero attached hydrogens (tertiary/aromatic N) is 1. The maximum Gasteiger partial charge on any atom is 0.203 e. The van der Waals surface area contributed by atoms with E-state index in [2.05, 4.69) is 12.1 Å². The van der Waals surface area contributed by atoms with Gasteiger partial charge in [0, 0.05) is 27.3 Å². The van der Waals surface area contributed by atoms with Crippen LogP contribution in [0.4, 0.5) is 5.69 Å². The Balaban J connectivity index is 1.81. The average Bonchev–Trinajstić information content (AvgIpc) is 2.98. The zero-order chi connectivity index (χ0) is 21.1. The lowest BCUT2D eigenvalue weighted by Gasteiger charge is -2.20. The number of thioether (sulfide) groups is 1.